The molecule has 0 bridgehead atoms. The molecule has 4 rings (SSSR count). The van der Waals surface area contributed by atoms with Gasteiger partial charge in [0.2, 0.25) is 5.72 Å². The molecule has 0 aromatic heterocycles. The van der Waals surface area contributed by atoms with Gasteiger partial charge in [-0.25, -0.2) is 4.79 Å². The SMILES string of the molecule is O=C1O[C@](Nc2ccc(Cl)cc2)(c2ccccc2)c2ccccc21. The number of rotatable bonds is 3. The number of carbonyl (C=O) groups is 1. The van der Waals surface area contributed by atoms with Crippen molar-refractivity contribution in [2.45, 2.75) is 5.72 Å². The lowest BCUT2D eigenvalue weighted by Gasteiger charge is -2.31. The predicted octanol–water partition coefficient (Wildman–Crippen LogP) is 4.82. The summed E-state index contributed by atoms with van der Waals surface area (Å²) < 4.78 is 5.86. The van der Waals surface area contributed by atoms with E-state index in [1.807, 2.05) is 60.7 Å². The van der Waals surface area contributed by atoms with E-state index in [-0.39, 0.29) is 5.97 Å². The lowest BCUT2D eigenvalue weighted by molar-refractivity contribution is 0.0212. The Morgan fingerprint density at radius 2 is 1.50 bits per heavy atom. The highest BCUT2D eigenvalue weighted by Crippen LogP contribution is 2.42. The minimum Gasteiger partial charge on any atom is -0.427 e. The van der Waals surface area contributed by atoms with Crippen LogP contribution >= 0.6 is 11.6 Å². The van der Waals surface area contributed by atoms with Crippen LogP contribution in [-0.4, -0.2) is 5.97 Å². The first-order chi connectivity index (χ1) is 11.7. The maximum Gasteiger partial charge on any atom is 0.341 e. The smallest absolute Gasteiger partial charge is 0.341 e. The number of anilines is 1. The molecule has 0 saturated heterocycles. The standard InChI is InChI=1S/C20H14ClNO2/c21-15-10-12-16(13-11-15)22-20(14-6-2-1-3-7-14)18-9-5-4-8-17(18)19(23)24-20/h1-13,22H/t20-/m1/s1. The summed E-state index contributed by atoms with van der Waals surface area (Å²) in [5.74, 6) is -0.337. The number of fused-ring (bicyclic) bond motifs is 1. The molecule has 0 spiro atoms. The van der Waals surface area contributed by atoms with Gasteiger partial charge in [0, 0.05) is 21.8 Å². The third kappa shape index (κ3) is 2.34. The summed E-state index contributed by atoms with van der Waals surface area (Å²) in [5.41, 5.74) is 1.99. The van der Waals surface area contributed by atoms with Crippen molar-refractivity contribution >= 4 is 23.3 Å². The molecule has 3 nitrogen and oxygen atoms in total. The molecule has 0 amide bonds. The maximum atomic E-state index is 12.4. The maximum absolute atomic E-state index is 12.4. The summed E-state index contributed by atoms with van der Waals surface area (Å²) in [4.78, 5) is 12.4. The normalized spacial score (nSPS) is 18.8. The molecule has 1 atom stereocenters. The Labute approximate surface area is 144 Å². The number of esters is 1. The second kappa shape index (κ2) is 5.69. The van der Waals surface area contributed by atoms with Gasteiger partial charge in [-0.1, -0.05) is 60.1 Å². The van der Waals surface area contributed by atoms with Gasteiger partial charge in [-0.15, -0.1) is 0 Å². The molecule has 4 heteroatoms. The van der Waals surface area contributed by atoms with E-state index < -0.39 is 5.72 Å². The second-order valence-electron chi connectivity index (χ2n) is 5.61. The van der Waals surface area contributed by atoms with Gasteiger partial charge in [-0.05, 0) is 30.3 Å². The Balaban J connectivity index is 1.89. The van der Waals surface area contributed by atoms with Gasteiger partial charge in [0.25, 0.3) is 0 Å². The summed E-state index contributed by atoms with van der Waals surface area (Å²) in [6.45, 7) is 0. The molecule has 3 aromatic rings. The van der Waals surface area contributed by atoms with Crippen LogP contribution in [0.3, 0.4) is 0 Å². The number of hydrogen-bond acceptors (Lipinski definition) is 3. The molecule has 1 aliphatic rings. The molecule has 0 aliphatic carbocycles. The van der Waals surface area contributed by atoms with Crippen molar-refractivity contribution in [2.75, 3.05) is 5.32 Å². The Bertz CT molecular complexity index is 893. The van der Waals surface area contributed by atoms with E-state index in [1.54, 1.807) is 18.2 Å². The summed E-state index contributed by atoms with van der Waals surface area (Å²) in [6, 6.07) is 24.4. The number of nitrogens with one attached hydrogen (secondary N) is 1. The van der Waals surface area contributed by atoms with E-state index in [9.17, 15) is 4.79 Å². The zero-order chi connectivity index (χ0) is 16.6. The van der Waals surface area contributed by atoms with Crippen molar-refractivity contribution in [3.63, 3.8) is 0 Å². The third-order valence-corrected chi connectivity index (χ3v) is 4.37. The van der Waals surface area contributed by atoms with Crippen LogP contribution in [0.1, 0.15) is 21.5 Å². The first-order valence-electron chi connectivity index (χ1n) is 7.61. The van der Waals surface area contributed by atoms with Gasteiger partial charge < -0.3 is 10.1 Å². The van der Waals surface area contributed by atoms with Crippen molar-refractivity contribution in [3.05, 3.63) is 101 Å². The van der Waals surface area contributed by atoms with E-state index in [1.165, 1.54) is 0 Å². The quantitative estimate of drug-likeness (QED) is 0.697. The zero-order valence-electron chi connectivity index (χ0n) is 12.7. The minimum atomic E-state index is -1.05. The van der Waals surface area contributed by atoms with Crippen molar-refractivity contribution in [1.29, 1.82) is 0 Å². The Morgan fingerprint density at radius 3 is 2.25 bits per heavy atom. The molecule has 1 aliphatic heterocycles. The Kier molecular flexibility index (Phi) is 3.51. The average Bonchev–Trinajstić information content (AvgIpc) is 2.91. The molecule has 24 heavy (non-hydrogen) atoms. The van der Waals surface area contributed by atoms with Crippen LogP contribution in [0.2, 0.25) is 5.02 Å². The Morgan fingerprint density at radius 1 is 0.833 bits per heavy atom. The Hall–Kier alpha value is -2.78. The van der Waals surface area contributed by atoms with Crippen LogP contribution in [0.15, 0.2) is 78.9 Å². The van der Waals surface area contributed by atoms with Crippen LogP contribution < -0.4 is 5.32 Å². The van der Waals surface area contributed by atoms with Gasteiger partial charge >= 0.3 is 5.97 Å². The van der Waals surface area contributed by atoms with Crippen LogP contribution in [0, 0.1) is 0 Å². The monoisotopic (exact) mass is 335 g/mol. The zero-order valence-corrected chi connectivity index (χ0v) is 13.5. The van der Waals surface area contributed by atoms with Gasteiger partial charge in [-0.3, -0.25) is 0 Å². The molecule has 1 heterocycles. The van der Waals surface area contributed by atoms with Gasteiger partial charge in [0.05, 0.1) is 5.56 Å². The van der Waals surface area contributed by atoms with Crippen LogP contribution in [0.5, 0.6) is 0 Å². The molecule has 1 N–H and O–H groups in total. The number of cyclic esters (lactones) is 1. The van der Waals surface area contributed by atoms with E-state index in [0.717, 1.165) is 16.8 Å². The molecule has 118 valence electrons. The van der Waals surface area contributed by atoms with Crippen molar-refractivity contribution in [2.24, 2.45) is 0 Å². The first kappa shape index (κ1) is 14.8. The predicted molar refractivity (Wildman–Crippen MR) is 94.2 cm³/mol. The fraction of sp³-hybridized carbons (Fsp3) is 0.0500. The fourth-order valence-corrected chi connectivity index (χ4v) is 3.13. The van der Waals surface area contributed by atoms with E-state index in [4.69, 9.17) is 16.3 Å². The van der Waals surface area contributed by atoms with Crippen molar-refractivity contribution in [3.8, 4) is 0 Å². The summed E-state index contributed by atoms with van der Waals surface area (Å²) >= 11 is 5.97. The van der Waals surface area contributed by atoms with E-state index in [2.05, 4.69) is 5.32 Å². The number of halogens is 1. The molecule has 0 saturated carbocycles. The van der Waals surface area contributed by atoms with Gasteiger partial charge in [0.1, 0.15) is 0 Å². The summed E-state index contributed by atoms with van der Waals surface area (Å²) in [6.07, 6.45) is 0. The molecule has 3 aromatic carbocycles. The number of benzene rings is 3. The van der Waals surface area contributed by atoms with Crippen LogP contribution in [0.25, 0.3) is 0 Å². The van der Waals surface area contributed by atoms with Crippen LogP contribution in [-0.2, 0) is 10.5 Å². The summed E-state index contributed by atoms with van der Waals surface area (Å²) in [7, 11) is 0. The number of hydrogen-bond donors (Lipinski definition) is 1. The number of carbonyl (C=O) groups excluding carboxylic acids is 1. The van der Waals surface area contributed by atoms with Gasteiger partial charge in [0.15, 0.2) is 0 Å². The van der Waals surface area contributed by atoms with E-state index >= 15 is 0 Å². The fourth-order valence-electron chi connectivity index (χ4n) is 3.01. The largest absolute Gasteiger partial charge is 0.427 e. The molecular formula is C20H14ClNO2. The molecular weight excluding hydrogens is 322 g/mol. The van der Waals surface area contributed by atoms with Crippen molar-refractivity contribution < 1.29 is 9.53 Å². The van der Waals surface area contributed by atoms with E-state index in [0.29, 0.717) is 10.6 Å². The van der Waals surface area contributed by atoms with Crippen molar-refractivity contribution in [1.82, 2.24) is 0 Å². The highest BCUT2D eigenvalue weighted by molar-refractivity contribution is 6.30. The molecule has 0 unspecified atom stereocenters. The van der Waals surface area contributed by atoms with Crippen LogP contribution in [0.4, 0.5) is 5.69 Å². The topological polar surface area (TPSA) is 38.3 Å². The first-order valence-corrected chi connectivity index (χ1v) is 7.99. The lowest BCUT2D eigenvalue weighted by atomic mass is 9.92. The highest BCUT2D eigenvalue weighted by Gasteiger charge is 2.47. The highest BCUT2D eigenvalue weighted by atomic mass is 35.5. The molecule has 0 radical (unpaired) electrons. The summed E-state index contributed by atoms with van der Waals surface area (Å²) in [5, 5.41) is 4.03. The lowest BCUT2D eigenvalue weighted by Crippen LogP contribution is -2.36. The molecule has 0 fully saturated rings. The minimum absolute atomic E-state index is 0.337. The van der Waals surface area contributed by atoms with Gasteiger partial charge in [-0.2, -0.15) is 0 Å². The number of ether oxygens (including phenoxy) is 1. The third-order valence-electron chi connectivity index (χ3n) is 4.12. The second-order valence-corrected chi connectivity index (χ2v) is 6.05. The average molecular weight is 336 g/mol.